The van der Waals surface area contributed by atoms with Crippen molar-refractivity contribution in [3.63, 3.8) is 0 Å². The van der Waals surface area contributed by atoms with Crippen LogP contribution in [-0.4, -0.2) is 54.0 Å². The van der Waals surface area contributed by atoms with Gasteiger partial charge in [-0.1, -0.05) is 44.2 Å². The van der Waals surface area contributed by atoms with Crippen LogP contribution in [0, 0.1) is 5.82 Å². The Morgan fingerprint density at radius 3 is 2.56 bits per heavy atom. The fourth-order valence-electron chi connectivity index (χ4n) is 5.22. The Balaban J connectivity index is 0.00000148. The second-order valence-electron chi connectivity index (χ2n) is 9.86. The van der Waals surface area contributed by atoms with Crippen molar-refractivity contribution in [3.8, 4) is 33.8 Å². The van der Waals surface area contributed by atoms with Crippen molar-refractivity contribution in [1.82, 2.24) is 35.0 Å². The number of fused-ring (bicyclic) bond motifs is 2. The highest BCUT2D eigenvalue weighted by atomic mass is 19.3. The molecule has 7 nitrogen and oxygen atoms in total. The average Bonchev–Trinajstić information content (AvgIpc) is 3.70. The van der Waals surface area contributed by atoms with Crippen molar-refractivity contribution in [3.05, 3.63) is 84.6 Å². The van der Waals surface area contributed by atoms with Gasteiger partial charge in [-0.15, -0.1) is 0 Å². The first-order valence-electron chi connectivity index (χ1n) is 13.6. The summed E-state index contributed by atoms with van der Waals surface area (Å²) in [5.74, 6) is -2.40. The van der Waals surface area contributed by atoms with E-state index in [-0.39, 0.29) is 18.8 Å². The number of pyridine rings is 2. The maximum absolute atomic E-state index is 14.6. The van der Waals surface area contributed by atoms with Crippen LogP contribution in [0.5, 0.6) is 0 Å². The van der Waals surface area contributed by atoms with E-state index in [4.69, 9.17) is 4.98 Å². The molecule has 2 N–H and O–H groups in total. The number of para-hydroxylation sites is 1. The molecule has 0 amide bonds. The molecule has 0 aliphatic carbocycles. The van der Waals surface area contributed by atoms with Crippen LogP contribution in [0.4, 0.5) is 13.2 Å². The van der Waals surface area contributed by atoms with E-state index in [0.717, 1.165) is 27.6 Å². The predicted molar refractivity (Wildman–Crippen MR) is 154 cm³/mol. The lowest BCUT2D eigenvalue weighted by molar-refractivity contribution is 0.0115. The summed E-state index contributed by atoms with van der Waals surface area (Å²) in [6.07, 6.45) is 5.03. The highest BCUT2D eigenvalue weighted by Gasteiger charge is 2.37. The summed E-state index contributed by atoms with van der Waals surface area (Å²) in [5.41, 5.74) is 6.25. The van der Waals surface area contributed by atoms with Crippen LogP contribution in [0.3, 0.4) is 0 Å². The summed E-state index contributed by atoms with van der Waals surface area (Å²) in [6, 6.07) is 16.1. The first-order valence-corrected chi connectivity index (χ1v) is 13.6. The highest BCUT2D eigenvalue weighted by Crippen LogP contribution is 2.34. The zero-order valence-corrected chi connectivity index (χ0v) is 22.6. The van der Waals surface area contributed by atoms with Gasteiger partial charge in [0.2, 0.25) is 0 Å². The first-order chi connectivity index (χ1) is 19.9. The van der Waals surface area contributed by atoms with Crippen LogP contribution in [0.2, 0.25) is 0 Å². The van der Waals surface area contributed by atoms with Crippen LogP contribution in [0.25, 0.3) is 55.8 Å². The molecule has 10 heteroatoms. The lowest BCUT2D eigenvalue weighted by Gasteiger charge is -2.15. The van der Waals surface area contributed by atoms with Crippen molar-refractivity contribution in [2.24, 2.45) is 0 Å². The quantitative estimate of drug-likeness (QED) is 0.234. The van der Waals surface area contributed by atoms with Crippen molar-refractivity contribution >= 4 is 22.1 Å². The third-order valence-corrected chi connectivity index (χ3v) is 7.11. The van der Waals surface area contributed by atoms with Crippen molar-refractivity contribution in [2.45, 2.75) is 32.7 Å². The van der Waals surface area contributed by atoms with E-state index < -0.39 is 5.92 Å². The molecule has 6 aromatic rings. The molecule has 0 unspecified atom stereocenters. The second-order valence-corrected chi connectivity index (χ2v) is 9.86. The molecule has 4 aromatic heterocycles. The zero-order valence-electron chi connectivity index (χ0n) is 22.6. The molecule has 0 radical (unpaired) electrons. The Hall–Kier alpha value is -4.57. The first kappa shape index (κ1) is 26.6. The normalized spacial score (nSPS) is 14.9. The number of nitrogens with one attached hydrogen (secondary N) is 2. The predicted octanol–water partition coefficient (Wildman–Crippen LogP) is 7.24. The Kier molecular flexibility index (Phi) is 7.00. The number of alkyl halides is 2. The van der Waals surface area contributed by atoms with Crippen LogP contribution in [-0.2, 0) is 6.54 Å². The zero-order chi connectivity index (χ0) is 28.6. The SMILES string of the molecule is CC.Fc1ccccc1-c1cccc2[nH]c(-c3[nH]nc4ncc(-c5cncc(CN6CCC(F)(F)C6)c5)cc34)nc12. The van der Waals surface area contributed by atoms with Gasteiger partial charge in [-0.05, 0) is 29.8 Å². The van der Waals surface area contributed by atoms with Crippen molar-refractivity contribution in [2.75, 3.05) is 13.1 Å². The van der Waals surface area contributed by atoms with Gasteiger partial charge in [-0.2, -0.15) is 5.10 Å². The molecule has 1 aliphatic rings. The number of rotatable bonds is 5. The Morgan fingerprint density at radius 1 is 0.951 bits per heavy atom. The van der Waals surface area contributed by atoms with Gasteiger partial charge in [0, 0.05) is 60.4 Å². The Morgan fingerprint density at radius 2 is 1.76 bits per heavy atom. The van der Waals surface area contributed by atoms with E-state index in [1.807, 2.05) is 44.2 Å². The minimum atomic E-state index is -2.63. The highest BCUT2D eigenvalue weighted by molar-refractivity contribution is 5.97. The van der Waals surface area contributed by atoms with Crippen LogP contribution < -0.4 is 0 Å². The largest absolute Gasteiger partial charge is 0.337 e. The number of imidazole rings is 1. The van der Waals surface area contributed by atoms with E-state index in [9.17, 15) is 13.2 Å². The summed E-state index contributed by atoms with van der Waals surface area (Å²) >= 11 is 0. The molecule has 1 saturated heterocycles. The molecule has 0 saturated carbocycles. The minimum Gasteiger partial charge on any atom is -0.337 e. The van der Waals surface area contributed by atoms with E-state index in [1.165, 1.54) is 6.07 Å². The Bertz CT molecular complexity index is 1840. The van der Waals surface area contributed by atoms with Gasteiger partial charge < -0.3 is 4.98 Å². The average molecular weight is 556 g/mol. The van der Waals surface area contributed by atoms with Crippen LogP contribution in [0.1, 0.15) is 25.8 Å². The van der Waals surface area contributed by atoms with E-state index >= 15 is 0 Å². The molecule has 0 bridgehead atoms. The number of halogens is 3. The summed E-state index contributed by atoms with van der Waals surface area (Å²) in [7, 11) is 0. The van der Waals surface area contributed by atoms with E-state index in [2.05, 4.69) is 25.1 Å². The van der Waals surface area contributed by atoms with Crippen molar-refractivity contribution < 1.29 is 13.2 Å². The number of benzene rings is 2. The molecule has 0 atom stereocenters. The molecule has 208 valence electrons. The lowest BCUT2D eigenvalue weighted by Crippen LogP contribution is -2.24. The topological polar surface area (TPSA) is 86.4 Å². The number of H-pyrrole nitrogens is 2. The fourth-order valence-corrected chi connectivity index (χ4v) is 5.22. The van der Waals surface area contributed by atoms with Gasteiger partial charge in [-0.3, -0.25) is 15.0 Å². The molecule has 2 aromatic carbocycles. The van der Waals surface area contributed by atoms with E-state index in [1.54, 1.807) is 41.7 Å². The lowest BCUT2D eigenvalue weighted by atomic mass is 10.0. The second kappa shape index (κ2) is 10.8. The molecule has 1 fully saturated rings. The van der Waals surface area contributed by atoms with Crippen molar-refractivity contribution in [1.29, 1.82) is 0 Å². The third-order valence-electron chi connectivity index (χ3n) is 7.11. The van der Waals surface area contributed by atoms with Gasteiger partial charge >= 0.3 is 0 Å². The molecular formula is C31H28F3N7. The molecule has 5 heterocycles. The number of aromatic amines is 2. The number of aromatic nitrogens is 6. The number of nitrogens with zero attached hydrogens (tertiary/aromatic N) is 5. The maximum atomic E-state index is 14.6. The number of hydrogen-bond donors (Lipinski definition) is 2. The minimum absolute atomic E-state index is 0.118. The van der Waals surface area contributed by atoms with Gasteiger partial charge in [0.25, 0.3) is 5.92 Å². The monoisotopic (exact) mass is 555 g/mol. The molecule has 0 spiro atoms. The van der Waals surface area contributed by atoms with Gasteiger partial charge in [0.15, 0.2) is 11.5 Å². The van der Waals surface area contributed by atoms with Crippen LogP contribution >= 0.6 is 0 Å². The molecular weight excluding hydrogens is 527 g/mol. The molecule has 7 rings (SSSR count). The third kappa shape index (κ3) is 5.18. The van der Waals surface area contributed by atoms with Gasteiger partial charge in [0.1, 0.15) is 11.5 Å². The van der Waals surface area contributed by atoms with Gasteiger partial charge in [0.05, 0.1) is 23.0 Å². The standard InChI is InChI=1S/C29H22F3N7.C2H6/c30-23-6-2-1-4-20(23)21-5-3-7-24-25(21)36-28(35-24)26-22-11-19(14-34-27(22)38-37-26)18-10-17(12-33-13-18)15-39-9-8-29(31,32)16-39;1-2/h1-7,10-14H,8-9,15-16H2,(H,35,36)(H,34,37,38);1-2H3. The molecule has 41 heavy (non-hydrogen) atoms. The maximum Gasteiger partial charge on any atom is 0.261 e. The number of likely N-dealkylation sites (tertiary alicyclic amines) is 1. The van der Waals surface area contributed by atoms with Crippen LogP contribution in [0.15, 0.2) is 73.2 Å². The fraction of sp³-hybridized carbons (Fsp3) is 0.226. The molecule has 1 aliphatic heterocycles. The summed E-state index contributed by atoms with van der Waals surface area (Å²) < 4.78 is 41.8. The number of hydrogen-bond acceptors (Lipinski definition) is 5. The van der Waals surface area contributed by atoms with E-state index in [0.29, 0.717) is 46.9 Å². The summed E-state index contributed by atoms with van der Waals surface area (Å²) in [4.78, 5) is 18.7. The summed E-state index contributed by atoms with van der Waals surface area (Å²) in [6.45, 7) is 4.53. The Labute approximate surface area is 234 Å². The van der Waals surface area contributed by atoms with Gasteiger partial charge in [-0.25, -0.2) is 23.1 Å². The smallest absolute Gasteiger partial charge is 0.261 e. The summed E-state index contributed by atoms with van der Waals surface area (Å²) in [5, 5.41) is 8.13.